The standard InChI is InChI=1S/C16H25FN2O/c1-11(2)13(8-9-18)5-7-16(20)19-15-6-4-12(3)10-14(15)17/h4,6,10-11,13H,5,7-9,18H2,1-3H3,(H,19,20). The van der Waals surface area contributed by atoms with Crippen molar-refractivity contribution in [3.63, 3.8) is 0 Å². The highest BCUT2D eigenvalue weighted by Gasteiger charge is 2.15. The molecular weight excluding hydrogens is 255 g/mol. The molecule has 0 bridgehead atoms. The minimum atomic E-state index is -0.388. The third-order valence-corrected chi connectivity index (χ3v) is 3.62. The van der Waals surface area contributed by atoms with E-state index in [0.717, 1.165) is 18.4 Å². The predicted octanol–water partition coefficient (Wildman–Crippen LogP) is 3.47. The molecule has 1 rings (SSSR count). The summed E-state index contributed by atoms with van der Waals surface area (Å²) in [4.78, 5) is 11.9. The van der Waals surface area contributed by atoms with Crippen molar-refractivity contribution in [2.45, 2.75) is 40.0 Å². The molecule has 1 amide bonds. The fraction of sp³-hybridized carbons (Fsp3) is 0.562. The molecule has 112 valence electrons. The molecule has 1 unspecified atom stereocenters. The van der Waals surface area contributed by atoms with Crippen LogP contribution in [0, 0.1) is 24.6 Å². The van der Waals surface area contributed by atoms with E-state index < -0.39 is 0 Å². The van der Waals surface area contributed by atoms with Gasteiger partial charge in [-0.3, -0.25) is 4.79 Å². The highest BCUT2D eigenvalue weighted by Crippen LogP contribution is 2.21. The highest BCUT2D eigenvalue weighted by molar-refractivity contribution is 5.90. The van der Waals surface area contributed by atoms with Crippen LogP contribution >= 0.6 is 0 Å². The Bertz CT molecular complexity index is 446. The maximum atomic E-state index is 13.6. The van der Waals surface area contributed by atoms with E-state index in [-0.39, 0.29) is 17.4 Å². The van der Waals surface area contributed by atoms with Crippen molar-refractivity contribution in [2.75, 3.05) is 11.9 Å². The van der Waals surface area contributed by atoms with Crippen LogP contribution in [0.25, 0.3) is 0 Å². The van der Waals surface area contributed by atoms with Crippen LogP contribution < -0.4 is 11.1 Å². The van der Waals surface area contributed by atoms with Gasteiger partial charge in [0.1, 0.15) is 5.82 Å². The SMILES string of the molecule is Cc1ccc(NC(=O)CCC(CCN)C(C)C)c(F)c1. The van der Waals surface area contributed by atoms with Gasteiger partial charge in [0.2, 0.25) is 5.91 Å². The largest absolute Gasteiger partial charge is 0.330 e. The fourth-order valence-corrected chi connectivity index (χ4v) is 2.28. The van der Waals surface area contributed by atoms with E-state index in [1.165, 1.54) is 6.07 Å². The summed E-state index contributed by atoms with van der Waals surface area (Å²) in [6.45, 7) is 6.72. The van der Waals surface area contributed by atoms with Gasteiger partial charge in [-0.25, -0.2) is 4.39 Å². The Morgan fingerprint density at radius 3 is 2.60 bits per heavy atom. The minimum absolute atomic E-state index is 0.143. The Morgan fingerprint density at radius 1 is 1.35 bits per heavy atom. The number of benzene rings is 1. The summed E-state index contributed by atoms with van der Waals surface area (Å²) in [6, 6.07) is 4.80. The predicted molar refractivity (Wildman–Crippen MR) is 81.0 cm³/mol. The highest BCUT2D eigenvalue weighted by atomic mass is 19.1. The molecule has 0 saturated heterocycles. The van der Waals surface area contributed by atoms with Crippen LogP contribution in [0.1, 0.15) is 38.7 Å². The molecule has 0 heterocycles. The van der Waals surface area contributed by atoms with Crippen LogP contribution in [0.2, 0.25) is 0 Å². The number of nitrogens with one attached hydrogen (secondary N) is 1. The molecule has 1 atom stereocenters. The van der Waals surface area contributed by atoms with Crippen LogP contribution in [-0.4, -0.2) is 12.5 Å². The van der Waals surface area contributed by atoms with Gasteiger partial charge < -0.3 is 11.1 Å². The maximum absolute atomic E-state index is 13.6. The van der Waals surface area contributed by atoms with Crippen molar-refractivity contribution in [2.24, 2.45) is 17.6 Å². The van der Waals surface area contributed by atoms with E-state index in [2.05, 4.69) is 19.2 Å². The first-order valence-electron chi connectivity index (χ1n) is 7.20. The van der Waals surface area contributed by atoms with Crippen molar-refractivity contribution in [3.05, 3.63) is 29.6 Å². The van der Waals surface area contributed by atoms with Gasteiger partial charge in [-0.2, -0.15) is 0 Å². The van der Waals surface area contributed by atoms with Crippen molar-refractivity contribution in [1.29, 1.82) is 0 Å². The molecule has 3 nitrogen and oxygen atoms in total. The summed E-state index contributed by atoms with van der Waals surface area (Å²) in [5.74, 6) is 0.409. The van der Waals surface area contributed by atoms with Gasteiger partial charge in [0, 0.05) is 6.42 Å². The fourth-order valence-electron chi connectivity index (χ4n) is 2.28. The smallest absolute Gasteiger partial charge is 0.224 e. The number of amides is 1. The quantitative estimate of drug-likeness (QED) is 0.803. The number of anilines is 1. The number of halogens is 1. The Morgan fingerprint density at radius 2 is 2.05 bits per heavy atom. The summed E-state index contributed by atoms with van der Waals surface area (Å²) in [5.41, 5.74) is 6.67. The lowest BCUT2D eigenvalue weighted by molar-refractivity contribution is -0.116. The number of rotatable bonds is 7. The topological polar surface area (TPSA) is 55.1 Å². The van der Waals surface area contributed by atoms with Crippen LogP contribution in [0.5, 0.6) is 0 Å². The first-order chi connectivity index (χ1) is 9.43. The first kappa shape index (κ1) is 16.6. The molecule has 1 aromatic rings. The monoisotopic (exact) mass is 280 g/mol. The van der Waals surface area contributed by atoms with E-state index >= 15 is 0 Å². The lowest BCUT2D eigenvalue weighted by Crippen LogP contribution is -2.18. The second kappa shape index (κ2) is 8.00. The Labute approximate surface area is 120 Å². The van der Waals surface area contributed by atoms with E-state index in [1.54, 1.807) is 12.1 Å². The van der Waals surface area contributed by atoms with Crippen LogP contribution in [0.4, 0.5) is 10.1 Å². The summed E-state index contributed by atoms with van der Waals surface area (Å²) in [5, 5.41) is 2.63. The van der Waals surface area contributed by atoms with E-state index in [0.29, 0.717) is 24.8 Å². The molecule has 0 fully saturated rings. The summed E-state index contributed by atoms with van der Waals surface area (Å²) in [7, 11) is 0. The van der Waals surface area contributed by atoms with Gasteiger partial charge in [-0.05, 0) is 55.8 Å². The lowest BCUT2D eigenvalue weighted by Gasteiger charge is -2.19. The molecule has 0 saturated carbocycles. The molecule has 3 N–H and O–H groups in total. The molecular formula is C16H25FN2O. The molecule has 4 heteroatoms. The molecule has 0 aliphatic heterocycles. The summed E-state index contributed by atoms with van der Waals surface area (Å²) in [6.07, 6.45) is 2.11. The average molecular weight is 280 g/mol. The second-order valence-corrected chi connectivity index (χ2v) is 5.65. The molecule has 20 heavy (non-hydrogen) atoms. The third kappa shape index (κ3) is 5.29. The Balaban J connectivity index is 2.51. The van der Waals surface area contributed by atoms with Gasteiger partial charge in [0.15, 0.2) is 0 Å². The van der Waals surface area contributed by atoms with Gasteiger partial charge in [-0.15, -0.1) is 0 Å². The zero-order chi connectivity index (χ0) is 15.1. The Hall–Kier alpha value is -1.42. The van der Waals surface area contributed by atoms with E-state index in [9.17, 15) is 9.18 Å². The third-order valence-electron chi connectivity index (χ3n) is 3.62. The molecule has 0 aromatic heterocycles. The molecule has 0 aliphatic carbocycles. The normalized spacial score (nSPS) is 12.5. The zero-order valence-electron chi connectivity index (χ0n) is 12.6. The average Bonchev–Trinajstić information content (AvgIpc) is 2.37. The summed E-state index contributed by atoms with van der Waals surface area (Å²) >= 11 is 0. The maximum Gasteiger partial charge on any atom is 0.224 e. The molecule has 1 aromatic carbocycles. The van der Waals surface area contributed by atoms with E-state index in [1.807, 2.05) is 6.92 Å². The Kier molecular flexibility index (Phi) is 6.65. The van der Waals surface area contributed by atoms with Gasteiger partial charge >= 0.3 is 0 Å². The number of hydrogen-bond acceptors (Lipinski definition) is 2. The van der Waals surface area contributed by atoms with Gasteiger partial charge in [0.05, 0.1) is 5.69 Å². The zero-order valence-corrected chi connectivity index (χ0v) is 12.6. The number of nitrogens with two attached hydrogens (primary N) is 1. The van der Waals surface area contributed by atoms with Crippen molar-refractivity contribution >= 4 is 11.6 Å². The number of hydrogen-bond donors (Lipinski definition) is 2. The second-order valence-electron chi connectivity index (χ2n) is 5.65. The number of carbonyl (C=O) groups is 1. The molecule has 0 aliphatic rings. The molecule has 0 radical (unpaired) electrons. The van der Waals surface area contributed by atoms with Crippen LogP contribution in [0.15, 0.2) is 18.2 Å². The number of carbonyl (C=O) groups excluding carboxylic acids is 1. The van der Waals surface area contributed by atoms with Crippen molar-refractivity contribution in [1.82, 2.24) is 0 Å². The van der Waals surface area contributed by atoms with Crippen LogP contribution in [-0.2, 0) is 4.79 Å². The first-order valence-corrected chi connectivity index (χ1v) is 7.20. The lowest BCUT2D eigenvalue weighted by atomic mass is 9.88. The molecule has 0 spiro atoms. The van der Waals surface area contributed by atoms with E-state index in [4.69, 9.17) is 5.73 Å². The minimum Gasteiger partial charge on any atom is -0.330 e. The van der Waals surface area contributed by atoms with Crippen molar-refractivity contribution < 1.29 is 9.18 Å². The number of aryl methyl sites for hydroxylation is 1. The summed E-state index contributed by atoms with van der Waals surface area (Å²) < 4.78 is 13.6. The van der Waals surface area contributed by atoms with Gasteiger partial charge in [0.25, 0.3) is 0 Å². The van der Waals surface area contributed by atoms with Crippen molar-refractivity contribution in [3.8, 4) is 0 Å². The van der Waals surface area contributed by atoms with Gasteiger partial charge in [-0.1, -0.05) is 19.9 Å². The van der Waals surface area contributed by atoms with Crippen LogP contribution in [0.3, 0.4) is 0 Å².